The second-order valence-corrected chi connectivity index (χ2v) is 6.33. The summed E-state index contributed by atoms with van der Waals surface area (Å²) in [5.41, 5.74) is 6.23. The Kier molecular flexibility index (Phi) is 5.35. The summed E-state index contributed by atoms with van der Waals surface area (Å²) in [6.45, 7) is 1.47. The average molecular weight is 368 g/mol. The highest BCUT2D eigenvalue weighted by molar-refractivity contribution is 5.98. The van der Waals surface area contributed by atoms with E-state index in [2.05, 4.69) is 15.6 Å². The van der Waals surface area contributed by atoms with Crippen LogP contribution in [0.25, 0.3) is 0 Å². The molecule has 8 nitrogen and oxygen atoms in total. The van der Waals surface area contributed by atoms with Crippen LogP contribution >= 0.6 is 0 Å². The topological polar surface area (TPSA) is 123 Å². The molecule has 1 atom stereocenters. The Morgan fingerprint density at radius 3 is 2.33 bits per heavy atom. The van der Waals surface area contributed by atoms with E-state index in [0.29, 0.717) is 23.1 Å². The van der Waals surface area contributed by atoms with Crippen molar-refractivity contribution in [2.75, 3.05) is 10.6 Å². The Morgan fingerprint density at radius 1 is 1.11 bits per heavy atom. The van der Waals surface area contributed by atoms with Crippen LogP contribution in [0.5, 0.6) is 0 Å². The molecule has 0 aliphatic heterocycles. The van der Waals surface area contributed by atoms with Gasteiger partial charge in [-0.2, -0.15) is 0 Å². The second-order valence-electron chi connectivity index (χ2n) is 6.33. The van der Waals surface area contributed by atoms with E-state index in [-0.39, 0.29) is 5.56 Å². The molecule has 0 spiro atoms. The zero-order valence-electron chi connectivity index (χ0n) is 14.8. The first-order valence-corrected chi connectivity index (χ1v) is 8.56. The largest absolute Gasteiger partial charge is 0.449 e. The summed E-state index contributed by atoms with van der Waals surface area (Å²) in [5.74, 6) is -0.969. The van der Waals surface area contributed by atoms with Gasteiger partial charge >= 0.3 is 5.97 Å². The van der Waals surface area contributed by atoms with E-state index in [1.54, 1.807) is 24.3 Å². The lowest BCUT2D eigenvalue weighted by atomic mass is 10.2. The Bertz CT molecular complexity index is 845. The van der Waals surface area contributed by atoms with Crippen molar-refractivity contribution in [2.45, 2.75) is 31.9 Å². The summed E-state index contributed by atoms with van der Waals surface area (Å²) in [7, 11) is 0. The molecule has 1 heterocycles. The van der Waals surface area contributed by atoms with Crippen molar-refractivity contribution in [2.24, 2.45) is 5.73 Å². The number of primary amides is 1. The standard InChI is InChI=1S/C19H20N4O4/c1-11(18(25)23-15-5-2-12(3-6-15)17(20)24)27-19(26)13-4-9-16(21-10-13)22-14-7-8-14/h2-6,9-11,14H,7-8H2,1H3,(H2,20,24)(H,21,22)(H,23,25). The third kappa shape index (κ3) is 5.04. The van der Waals surface area contributed by atoms with Gasteiger partial charge in [0, 0.05) is 23.5 Å². The summed E-state index contributed by atoms with van der Waals surface area (Å²) in [6, 6.07) is 9.86. The van der Waals surface area contributed by atoms with E-state index in [1.807, 2.05) is 0 Å². The molecule has 0 bridgehead atoms. The minimum absolute atomic E-state index is 0.266. The van der Waals surface area contributed by atoms with Gasteiger partial charge in [0.15, 0.2) is 6.10 Å². The molecular formula is C19H20N4O4. The molecule has 4 N–H and O–H groups in total. The molecule has 140 valence electrons. The van der Waals surface area contributed by atoms with Gasteiger partial charge in [0.2, 0.25) is 5.91 Å². The van der Waals surface area contributed by atoms with E-state index >= 15 is 0 Å². The number of pyridine rings is 1. The Labute approximate surface area is 156 Å². The van der Waals surface area contributed by atoms with Crippen LogP contribution in [0, 0.1) is 0 Å². The number of ether oxygens (including phenoxy) is 1. The van der Waals surface area contributed by atoms with Crippen LogP contribution in [0.15, 0.2) is 42.6 Å². The first-order chi connectivity index (χ1) is 12.9. The molecule has 8 heteroatoms. The summed E-state index contributed by atoms with van der Waals surface area (Å²) >= 11 is 0. The van der Waals surface area contributed by atoms with Crippen molar-refractivity contribution in [1.82, 2.24) is 4.98 Å². The third-order valence-electron chi connectivity index (χ3n) is 4.02. The zero-order chi connectivity index (χ0) is 19.4. The fourth-order valence-corrected chi connectivity index (χ4v) is 2.28. The molecule has 0 radical (unpaired) electrons. The predicted octanol–water partition coefficient (Wildman–Crippen LogP) is 1.94. The zero-order valence-corrected chi connectivity index (χ0v) is 14.8. The quantitative estimate of drug-likeness (QED) is 0.642. The van der Waals surface area contributed by atoms with E-state index in [0.717, 1.165) is 12.8 Å². The van der Waals surface area contributed by atoms with Crippen LogP contribution in [0.4, 0.5) is 11.5 Å². The minimum Gasteiger partial charge on any atom is -0.449 e. The molecule has 1 unspecified atom stereocenters. The minimum atomic E-state index is -1.00. The SMILES string of the molecule is CC(OC(=O)c1ccc(NC2CC2)nc1)C(=O)Nc1ccc(C(N)=O)cc1. The number of hydrogen-bond donors (Lipinski definition) is 3. The van der Waals surface area contributed by atoms with Crippen LogP contribution in [-0.4, -0.2) is 34.9 Å². The van der Waals surface area contributed by atoms with Gasteiger partial charge < -0.3 is 21.1 Å². The third-order valence-corrected chi connectivity index (χ3v) is 4.02. The molecule has 1 aromatic carbocycles. The van der Waals surface area contributed by atoms with Gasteiger partial charge in [-0.25, -0.2) is 9.78 Å². The van der Waals surface area contributed by atoms with E-state index in [1.165, 1.54) is 25.3 Å². The van der Waals surface area contributed by atoms with Gasteiger partial charge in [-0.3, -0.25) is 9.59 Å². The number of benzene rings is 1. The normalized spacial score (nSPS) is 14.1. The number of esters is 1. The lowest BCUT2D eigenvalue weighted by Crippen LogP contribution is -2.30. The van der Waals surface area contributed by atoms with Crippen LogP contribution in [0.2, 0.25) is 0 Å². The summed E-state index contributed by atoms with van der Waals surface area (Å²) in [6.07, 6.45) is 2.67. The molecule has 0 saturated heterocycles. The molecule has 2 aromatic rings. The van der Waals surface area contributed by atoms with Crippen molar-refractivity contribution in [1.29, 1.82) is 0 Å². The summed E-state index contributed by atoms with van der Waals surface area (Å²) < 4.78 is 5.18. The molecule has 1 aliphatic carbocycles. The lowest BCUT2D eigenvalue weighted by Gasteiger charge is -2.14. The average Bonchev–Trinajstić information content (AvgIpc) is 3.46. The number of aromatic nitrogens is 1. The van der Waals surface area contributed by atoms with Gasteiger partial charge in [0.05, 0.1) is 5.56 Å². The van der Waals surface area contributed by atoms with Crippen LogP contribution in [0.3, 0.4) is 0 Å². The highest BCUT2D eigenvalue weighted by atomic mass is 16.5. The van der Waals surface area contributed by atoms with Crippen LogP contribution in [-0.2, 0) is 9.53 Å². The number of nitrogens with one attached hydrogen (secondary N) is 2. The molecule has 1 aromatic heterocycles. The maximum atomic E-state index is 12.2. The van der Waals surface area contributed by atoms with E-state index in [9.17, 15) is 14.4 Å². The van der Waals surface area contributed by atoms with Gasteiger partial charge in [-0.1, -0.05) is 0 Å². The Hall–Kier alpha value is -3.42. The van der Waals surface area contributed by atoms with Crippen molar-refractivity contribution >= 4 is 29.3 Å². The highest BCUT2D eigenvalue weighted by Gasteiger charge is 2.22. The van der Waals surface area contributed by atoms with Gasteiger partial charge in [0.25, 0.3) is 5.91 Å². The number of carbonyl (C=O) groups is 3. The fourth-order valence-electron chi connectivity index (χ4n) is 2.28. The molecule has 1 saturated carbocycles. The number of hydrogen-bond acceptors (Lipinski definition) is 6. The number of anilines is 2. The summed E-state index contributed by atoms with van der Waals surface area (Å²) in [5, 5.41) is 5.83. The van der Waals surface area contributed by atoms with Gasteiger partial charge in [0.1, 0.15) is 5.82 Å². The highest BCUT2D eigenvalue weighted by Crippen LogP contribution is 2.23. The predicted molar refractivity (Wildman–Crippen MR) is 99.3 cm³/mol. The number of rotatable bonds is 7. The molecule has 1 fully saturated rings. The number of amides is 2. The molecule has 27 heavy (non-hydrogen) atoms. The van der Waals surface area contributed by atoms with E-state index < -0.39 is 23.9 Å². The lowest BCUT2D eigenvalue weighted by molar-refractivity contribution is -0.123. The number of carbonyl (C=O) groups excluding carboxylic acids is 3. The van der Waals surface area contributed by atoms with Crippen LogP contribution < -0.4 is 16.4 Å². The smallest absolute Gasteiger partial charge is 0.340 e. The van der Waals surface area contributed by atoms with E-state index in [4.69, 9.17) is 10.5 Å². The Morgan fingerprint density at radius 2 is 1.78 bits per heavy atom. The van der Waals surface area contributed by atoms with Crippen molar-refractivity contribution in [3.05, 3.63) is 53.7 Å². The molecule has 1 aliphatic rings. The van der Waals surface area contributed by atoms with Crippen LogP contribution in [0.1, 0.15) is 40.5 Å². The second kappa shape index (κ2) is 7.86. The van der Waals surface area contributed by atoms with Crippen molar-refractivity contribution < 1.29 is 19.1 Å². The molecule has 3 rings (SSSR count). The van der Waals surface area contributed by atoms with Crippen molar-refractivity contribution in [3.63, 3.8) is 0 Å². The molecular weight excluding hydrogens is 348 g/mol. The first-order valence-electron chi connectivity index (χ1n) is 8.56. The van der Waals surface area contributed by atoms with Gasteiger partial charge in [-0.15, -0.1) is 0 Å². The molecule has 2 amide bonds. The Balaban J connectivity index is 1.53. The summed E-state index contributed by atoms with van der Waals surface area (Å²) in [4.78, 5) is 39.6. The maximum absolute atomic E-state index is 12.2. The first kappa shape index (κ1) is 18.4. The number of nitrogens with two attached hydrogens (primary N) is 1. The van der Waals surface area contributed by atoms with Gasteiger partial charge in [-0.05, 0) is 56.2 Å². The maximum Gasteiger partial charge on any atom is 0.340 e. The number of nitrogens with zero attached hydrogens (tertiary/aromatic N) is 1. The fraction of sp³-hybridized carbons (Fsp3) is 0.263. The van der Waals surface area contributed by atoms with Crippen molar-refractivity contribution in [3.8, 4) is 0 Å². The monoisotopic (exact) mass is 368 g/mol.